The highest BCUT2D eigenvalue weighted by Gasteiger charge is 2.23. The van der Waals surface area contributed by atoms with Crippen LogP contribution in [0.2, 0.25) is 0 Å². The normalized spacial score (nSPS) is 18.9. The molecule has 2 rings (SSSR count). The highest BCUT2D eigenvalue weighted by molar-refractivity contribution is 5.31. The Morgan fingerprint density at radius 1 is 1.37 bits per heavy atom. The van der Waals surface area contributed by atoms with Gasteiger partial charge in [0.25, 0.3) is 6.43 Å². The summed E-state index contributed by atoms with van der Waals surface area (Å²) in [5.74, 6) is 0. The van der Waals surface area contributed by atoms with Crippen molar-refractivity contribution >= 4 is 0 Å². The number of nitrogens with two attached hydrogens (primary N) is 1. The predicted molar refractivity (Wildman–Crippen MR) is 70.3 cm³/mol. The summed E-state index contributed by atoms with van der Waals surface area (Å²) in [5, 5.41) is 0. The molecule has 2 N–H and O–H groups in total. The van der Waals surface area contributed by atoms with Crippen LogP contribution in [0, 0.1) is 0 Å². The first-order chi connectivity index (χ1) is 9.20. The molecule has 1 aromatic carbocycles. The number of rotatable bonds is 6. The molecule has 0 radical (unpaired) electrons. The molecule has 0 spiro atoms. The van der Waals surface area contributed by atoms with E-state index in [1.165, 1.54) is 5.56 Å². The van der Waals surface area contributed by atoms with Gasteiger partial charge in [-0.25, -0.2) is 8.78 Å². The minimum absolute atomic E-state index is 0.129. The highest BCUT2D eigenvalue weighted by atomic mass is 19.3. The fraction of sp³-hybridized carbons (Fsp3) is 0.571. The molecule has 0 aliphatic carbocycles. The number of hydrogen-bond donors (Lipinski definition) is 1. The van der Waals surface area contributed by atoms with Gasteiger partial charge in [0.15, 0.2) is 0 Å². The average molecular weight is 270 g/mol. The topological polar surface area (TPSA) is 38.5 Å². The molecule has 1 unspecified atom stereocenters. The summed E-state index contributed by atoms with van der Waals surface area (Å²) in [4.78, 5) is 1.68. The molecule has 0 aromatic heterocycles. The van der Waals surface area contributed by atoms with Crippen molar-refractivity contribution in [1.29, 1.82) is 0 Å². The van der Waals surface area contributed by atoms with Gasteiger partial charge in [0, 0.05) is 19.6 Å². The zero-order valence-electron chi connectivity index (χ0n) is 10.9. The van der Waals surface area contributed by atoms with E-state index in [1.807, 2.05) is 18.2 Å². The quantitative estimate of drug-likeness (QED) is 0.857. The largest absolute Gasteiger partial charge is 0.372 e. The van der Waals surface area contributed by atoms with Crippen LogP contribution in [0.3, 0.4) is 0 Å². The molecule has 0 fully saturated rings. The maximum atomic E-state index is 12.5. The zero-order valence-corrected chi connectivity index (χ0v) is 10.9. The van der Waals surface area contributed by atoms with Crippen molar-refractivity contribution in [2.45, 2.75) is 19.0 Å². The molecular weight excluding hydrogens is 250 g/mol. The average Bonchev–Trinajstić information content (AvgIpc) is 2.39. The van der Waals surface area contributed by atoms with Gasteiger partial charge in [-0.3, -0.25) is 4.90 Å². The lowest BCUT2D eigenvalue weighted by atomic mass is 9.97. The van der Waals surface area contributed by atoms with Crippen LogP contribution in [0.15, 0.2) is 24.3 Å². The van der Waals surface area contributed by atoms with Gasteiger partial charge in [-0.2, -0.15) is 0 Å². The zero-order chi connectivity index (χ0) is 13.7. The lowest BCUT2D eigenvalue weighted by Crippen LogP contribution is -2.38. The molecule has 1 atom stereocenters. The summed E-state index contributed by atoms with van der Waals surface area (Å²) in [5.41, 5.74) is 7.85. The van der Waals surface area contributed by atoms with Crippen LogP contribution >= 0.6 is 0 Å². The van der Waals surface area contributed by atoms with Gasteiger partial charge in [-0.05, 0) is 17.5 Å². The molecule has 1 aromatic rings. The SMILES string of the molecule is NCCN(CC(F)F)CC1OCCc2ccccc21. The fourth-order valence-corrected chi connectivity index (χ4v) is 2.50. The van der Waals surface area contributed by atoms with Crippen molar-refractivity contribution in [3.05, 3.63) is 35.4 Å². The summed E-state index contributed by atoms with van der Waals surface area (Å²) in [6.45, 7) is 1.71. The van der Waals surface area contributed by atoms with Crippen molar-refractivity contribution in [2.75, 3.05) is 32.8 Å². The first-order valence-corrected chi connectivity index (χ1v) is 6.60. The lowest BCUT2D eigenvalue weighted by molar-refractivity contribution is 0.00185. The number of benzene rings is 1. The van der Waals surface area contributed by atoms with Crippen molar-refractivity contribution < 1.29 is 13.5 Å². The Kier molecular flexibility index (Phi) is 5.24. The Morgan fingerprint density at radius 2 is 2.16 bits per heavy atom. The molecule has 0 saturated carbocycles. The van der Waals surface area contributed by atoms with E-state index in [0.29, 0.717) is 26.2 Å². The van der Waals surface area contributed by atoms with Crippen molar-refractivity contribution in [1.82, 2.24) is 4.90 Å². The summed E-state index contributed by atoms with van der Waals surface area (Å²) in [7, 11) is 0. The molecule has 1 heterocycles. The summed E-state index contributed by atoms with van der Waals surface area (Å²) < 4.78 is 30.8. The molecule has 5 heteroatoms. The Hall–Kier alpha value is -1.04. The smallest absolute Gasteiger partial charge is 0.251 e. The van der Waals surface area contributed by atoms with Gasteiger partial charge in [0.1, 0.15) is 0 Å². The molecule has 1 aliphatic heterocycles. The minimum atomic E-state index is -2.34. The third kappa shape index (κ3) is 3.96. The van der Waals surface area contributed by atoms with Gasteiger partial charge in [-0.15, -0.1) is 0 Å². The van der Waals surface area contributed by atoms with Gasteiger partial charge < -0.3 is 10.5 Å². The Labute approximate surface area is 112 Å². The first-order valence-electron chi connectivity index (χ1n) is 6.60. The number of fused-ring (bicyclic) bond motifs is 1. The van der Waals surface area contributed by atoms with Crippen LogP contribution < -0.4 is 5.73 Å². The first kappa shape index (κ1) is 14.4. The lowest BCUT2D eigenvalue weighted by Gasteiger charge is -2.31. The van der Waals surface area contributed by atoms with Crippen molar-refractivity contribution in [3.63, 3.8) is 0 Å². The molecule has 1 aliphatic rings. The molecule has 19 heavy (non-hydrogen) atoms. The van der Waals surface area contributed by atoms with Gasteiger partial charge in [0.05, 0.1) is 19.3 Å². The molecule has 106 valence electrons. The summed E-state index contributed by atoms with van der Waals surface area (Å²) in [6, 6.07) is 8.05. The van der Waals surface area contributed by atoms with E-state index >= 15 is 0 Å². The Balaban J connectivity index is 2.05. The van der Waals surface area contributed by atoms with E-state index < -0.39 is 6.43 Å². The van der Waals surface area contributed by atoms with Crippen molar-refractivity contribution in [2.24, 2.45) is 5.73 Å². The van der Waals surface area contributed by atoms with E-state index in [1.54, 1.807) is 4.90 Å². The molecular formula is C14H20F2N2O. The molecule has 0 saturated heterocycles. The van der Waals surface area contributed by atoms with E-state index in [0.717, 1.165) is 12.0 Å². The molecule has 3 nitrogen and oxygen atoms in total. The number of halogens is 2. The second-order valence-electron chi connectivity index (χ2n) is 4.75. The maximum Gasteiger partial charge on any atom is 0.251 e. The van der Waals surface area contributed by atoms with E-state index in [9.17, 15) is 8.78 Å². The van der Waals surface area contributed by atoms with Crippen LogP contribution in [0.5, 0.6) is 0 Å². The second kappa shape index (κ2) is 6.93. The van der Waals surface area contributed by atoms with Crippen LogP contribution in [0.1, 0.15) is 17.2 Å². The van der Waals surface area contributed by atoms with Crippen LogP contribution in [-0.2, 0) is 11.2 Å². The second-order valence-corrected chi connectivity index (χ2v) is 4.75. The van der Waals surface area contributed by atoms with E-state index in [4.69, 9.17) is 10.5 Å². The molecule has 0 amide bonds. The number of alkyl halides is 2. The number of nitrogens with zero attached hydrogens (tertiary/aromatic N) is 1. The predicted octanol–water partition coefficient (Wildman–Crippen LogP) is 1.83. The molecule has 0 bridgehead atoms. The van der Waals surface area contributed by atoms with Crippen LogP contribution in [0.25, 0.3) is 0 Å². The maximum absolute atomic E-state index is 12.5. The van der Waals surface area contributed by atoms with Crippen LogP contribution in [-0.4, -0.2) is 44.1 Å². The summed E-state index contributed by atoms with van der Waals surface area (Å²) >= 11 is 0. The van der Waals surface area contributed by atoms with Gasteiger partial charge in [-0.1, -0.05) is 24.3 Å². The monoisotopic (exact) mass is 270 g/mol. The third-order valence-electron chi connectivity index (χ3n) is 3.36. The minimum Gasteiger partial charge on any atom is -0.372 e. The number of hydrogen-bond acceptors (Lipinski definition) is 3. The summed E-state index contributed by atoms with van der Waals surface area (Å²) in [6.07, 6.45) is -1.58. The van der Waals surface area contributed by atoms with E-state index in [-0.39, 0.29) is 12.6 Å². The standard InChI is InChI=1S/C14H20F2N2O/c15-14(16)10-18(7-6-17)9-13-12-4-2-1-3-11(12)5-8-19-13/h1-4,13-14H,5-10,17H2. The fourth-order valence-electron chi connectivity index (χ4n) is 2.50. The van der Waals surface area contributed by atoms with Crippen molar-refractivity contribution in [3.8, 4) is 0 Å². The van der Waals surface area contributed by atoms with Gasteiger partial charge in [0.2, 0.25) is 0 Å². The van der Waals surface area contributed by atoms with Crippen LogP contribution in [0.4, 0.5) is 8.78 Å². The Bertz CT molecular complexity index is 401. The van der Waals surface area contributed by atoms with E-state index in [2.05, 4.69) is 6.07 Å². The highest BCUT2D eigenvalue weighted by Crippen LogP contribution is 2.27. The van der Waals surface area contributed by atoms with Gasteiger partial charge >= 0.3 is 0 Å². The third-order valence-corrected chi connectivity index (χ3v) is 3.36. The Morgan fingerprint density at radius 3 is 2.89 bits per heavy atom. The number of ether oxygens (including phenoxy) is 1.